The zero-order valence-corrected chi connectivity index (χ0v) is 16.9. The normalized spacial score (nSPS) is 14.3. The molecule has 1 amide bonds. The van der Waals surface area contributed by atoms with Gasteiger partial charge in [-0.25, -0.2) is 4.98 Å². The highest BCUT2D eigenvalue weighted by atomic mass is 16.5. The van der Waals surface area contributed by atoms with Crippen LogP contribution in [-0.4, -0.2) is 81.2 Å². The zero-order valence-electron chi connectivity index (χ0n) is 16.9. The third kappa shape index (κ3) is 5.13. The monoisotopic (exact) mass is 383 g/mol. The molecular weight excluding hydrogens is 354 g/mol. The van der Waals surface area contributed by atoms with Crippen molar-refractivity contribution in [2.24, 2.45) is 0 Å². The molecule has 0 bridgehead atoms. The van der Waals surface area contributed by atoms with Crippen molar-refractivity contribution in [1.29, 1.82) is 0 Å². The summed E-state index contributed by atoms with van der Waals surface area (Å²) in [5.41, 5.74) is 1.79. The van der Waals surface area contributed by atoms with E-state index in [-0.39, 0.29) is 5.91 Å². The van der Waals surface area contributed by atoms with Crippen LogP contribution in [0.4, 0.5) is 11.5 Å². The summed E-state index contributed by atoms with van der Waals surface area (Å²) in [6.07, 6.45) is 1.66. The minimum Gasteiger partial charge on any atom is -0.497 e. The standard InChI is InChI=1S/C21H29N5O2/c1-24(2)11-10-22-20-9-4-17(16-23-20)21(27)26-14-12-25(13-15-26)18-5-7-19(28-3)8-6-18/h4-9,16H,10-15H2,1-3H3,(H,22,23). The van der Waals surface area contributed by atoms with E-state index in [1.54, 1.807) is 13.3 Å². The smallest absolute Gasteiger partial charge is 0.255 e. The van der Waals surface area contributed by atoms with Crippen molar-refractivity contribution in [3.05, 3.63) is 48.2 Å². The summed E-state index contributed by atoms with van der Waals surface area (Å²) in [5.74, 6) is 1.69. The maximum absolute atomic E-state index is 12.8. The number of carbonyl (C=O) groups is 1. The minimum absolute atomic E-state index is 0.0433. The number of piperazine rings is 1. The minimum atomic E-state index is 0.0433. The van der Waals surface area contributed by atoms with Gasteiger partial charge in [-0.2, -0.15) is 0 Å². The highest BCUT2D eigenvalue weighted by Crippen LogP contribution is 2.21. The van der Waals surface area contributed by atoms with Crippen LogP contribution in [0.5, 0.6) is 5.75 Å². The molecule has 0 aliphatic carbocycles. The highest BCUT2D eigenvalue weighted by Gasteiger charge is 2.22. The number of rotatable bonds is 7. The van der Waals surface area contributed by atoms with E-state index in [2.05, 4.69) is 32.2 Å². The molecule has 2 heterocycles. The van der Waals surface area contributed by atoms with E-state index < -0.39 is 0 Å². The molecule has 1 aromatic carbocycles. The summed E-state index contributed by atoms with van der Waals surface area (Å²) in [5, 5.41) is 3.26. The summed E-state index contributed by atoms with van der Waals surface area (Å²) in [6, 6.07) is 11.8. The number of anilines is 2. The van der Waals surface area contributed by atoms with Crippen LogP contribution in [0.1, 0.15) is 10.4 Å². The number of amides is 1. The molecule has 0 spiro atoms. The molecule has 0 radical (unpaired) electrons. The van der Waals surface area contributed by atoms with E-state index in [1.165, 1.54) is 0 Å². The number of benzene rings is 1. The number of aromatic nitrogens is 1. The third-order valence-electron chi connectivity index (χ3n) is 4.88. The Bertz CT molecular complexity index is 753. The van der Waals surface area contributed by atoms with E-state index in [0.29, 0.717) is 18.7 Å². The van der Waals surface area contributed by atoms with Gasteiger partial charge in [0.05, 0.1) is 12.7 Å². The summed E-state index contributed by atoms with van der Waals surface area (Å²) < 4.78 is 5.21. The summed E-state index contributed by atoms with van der Waals surface area (Å²) in [6.45, 7) is 4.79. The maximum Gasteiger partial charge on any atom is 0.255 e. The van der Waals surface area contributed by atoms with Gasteiger partial charge >= 0.3 is 0 Å². The van der Waals surface area contributed by atoms with E-state index >= 15 is 0 Å². The number of nitrogens with zero attached hydrogens (tertiary/aromatic N) is 4. The Balaban J connectivity index is 1.51. The lowest BCUT2D eigenvalue weighted by atomic mass is 10.2. The van der Waals surface area contributed by atoms with Crippen LogP contribution in [0.15, 0.2) is 42.6 Å². The van der Waals surface area contributed by atoms with Crippen molar-refractivity contribution < 1.29 is 9.53 Å². The van der Waals surface area contributed by atoms with Gasteiger partial charge in [0, 0.05) is 51.2 Å². The molecule has 1 aliphatic rings. The first-order chi connectivity index (χ1) is 13.6. The zero-order chi connectivity index (χ0) is 19.9. The first-order valence-electron chi connectivity index (χ1n) is 9.60. The van der Waals surface area contributed by atoms with Crippen molar-refractivity contribution in [3.8, 4) is 5.75 Å². The summed E-state index contributed by atoms with van der Waals surface area (Å²) in [7, 11) is 5.73. The van der Waals surface area contributed by atoms with Gasteiger partial charge in [0.15, 0.2) is 0 Å². The molecular formula is C21H29N5O2. The van der Waals surface area contributed by atoms with Gasteiger partial charge in [0.25, 0.3) is 5.91 Å². The second kappa shape index (κ2) is 9.41. The number of hydrogen-bond donors (Lipinski definition) is 1. The number of likely N-dealkylation sites (N-methyl/N-ethyl adjacent to an activating group) is 1. The lowest BCUT2D eigenvalue weighted by molar-refractivity contribution is 0.0746. The summed E-state index contributed by atoms with van der Waals surface area (Å²) in [4.78, 5) is 23.4. The van der Waals surface area contributed by atoms with Crippen molar-refractivity contribution >= 4 is 17.4 Å². The Hall–Kier alpha value is -2.80. The van der Waals surface area contributed by atoms with Crippen LogP contribution < -0.4 is 15.0 Å². The van der Waals surface area contributed by atoms with Crippen molar-refractivity contribution in [2.75, 3.05) is 70.7 Å². The van der Waals surface area contributed by atoms with E-state index in [9.17, 15) is 4.79 Å². The predicted molar refractivity (Wildman–Crippen MR) is 112 cm³/mol. The van der Waals surface area contributed by atoms with Crippen molar-refractivity contribution in [3.63, 3.8) is 0 Å². The number of methoxy groups -OCH3 is 1. The van der Waals surface area contributed by atoms with Crippen molar-refractivity contribution in [2.45, 2.75) is 0 Å². The first-order valence-corrected chi connectivity index (χ1v) is 9.60. The molecule has 3 rings (SSSR count). The lowest BCUT2D eigenvalue weighted by Crippen LogP contribution is -2.48. The van der Waals surface area contributed by atoms with E-state index in [1.807, 2.05) is 43.3 Å². The number of hydrogen-bond acceptors (Lipinski definition) is 6. The molecule has 1 fully saturated rings. The van der Waals surface area contributed by atoms with Gasteiger partial charge in [-0.3, -0.25) is 4.79 Å². The van der Waals surface area contributed by atoms with Gasteiger partial charge in [-0.1, -0.05) is 0 Å². The van der Waals surface area contributed by atoms with Crippen LogP contribution in [-0.2, 0) is 0 Å². The molecule has 1 aliphatic heterocycles. The van der Waals surface area contributed by atoms with E-state index in [0.717, 1.165) is 43.4 Å². The SMILES string of the molecule is COc1ccc(N2CCN(C(=O)c3ccc(NCCN(C)C)nc3)CC2)cc1. The molecule has 0 atom stereocenters. The fourth-order valence-corrected chi connectivity index (χ4v) is 3.18. The molecule has 0 saturated carbocycles. The van der Waals surface area contributed by atoms with Crippen LogP contribution in [0.25, 0.3) is 0 Å². The quantitative estimate of drug-likeness (QED) is 0.789. The maximum atomic E-state index is 12.8. The van der Waals surface area contributed by atoms with Gasteiger partial charge < -0.3 is 24.8 Å². The third-order valence-corrected chi connectivity index (χ3v) is 4.88. The molecule has 7 nitrogen and oxygen atoms in total. The van der Waals surface area contributed by atoms with Gasteiger partial charge in [0.1, 0.15) is 11.6 Å². The number of ether oxygens (including phenoxy) is 1. The summed E-state index contributed by atoms with van der Waals surface area (Å²) >= 11 is 0. The fraction of sp³-hybridized carbons (Fsp3) is 0.429. The molecule has 150 valence electrons. The average Bonchev–Trinajstić information content (AvgIpc) is 2.74. The number of pyridine rings is 1. The molecule has 0 unspecified atom stereocenters. The van der Waals surface area contributed by atoms with E-state index in [4.69, 9.17) is 4.74 Å². The molecule has 7 heteroatoms. The lowest BCUT2D eigenvalue weighted by Gasteiger charge is -2.36. The molecule has 1 N–H and O–H groups in total. The predicted octanol–water partition coefficient (Wildman–Crippen LogP) is 2.03. The molecule has 1 aromatic heterocycles. The van der Waals surface area contributed by atoms with Crippen LogP contribution >= 0.6 is 0 Å². The van der Waals surface area contributed by atoms with Gasteiger partial charge in [-0.15, -0.1) is 0 Å². The Labute approximate surface area is 166 Å². The Morgan fingerprint density at radius 3 is 2.39 bits per heavy atom. The second-order valence-electron chi connectivity index (χ2n) is 7.14. The largest absolute Gasteiger partial charge is 0.497 e. The Kier molecular flexibility index (Phi) is 6.71. The first kappa shape index (κ1) is 19.9. The number of nitrogens with one attached hydrogen (secondary N) is 1. The van der Waals surface area contributed by atoms with Crippen LogP contribution in [0.3, 0.4) is 0 Å². The Morgan fingerprint density at radius 1 is 1.11 bits per heavy atom. The van der Waals surface area contributed by atoms with Crippen LogP contribution in [0, 0.1) is 0 Å². The van der Waals surface area contributed by atoms with Crippen LogP contribution in [0.2, 0.25) is 0 Å². The van der Waals surface area contributed by atoms with Crippen molar-refractivity contribution in [1.82, 2.24) is 14.8 Å². The molecule has 2 aromatic rings. The molecule has 28 heavy (non-hydrogen) atoms. The topological polar surface area (TPSA) is 60.9 Å². The Morgan fingerprint density at radius 2 is 1.82 bits per heavy atom. The fourth-order valence-electron chi connectivity index (χ4n) is 3.18. The van der Waals surface area contributed by atoms with Gasteiger partial charge in [0.2, 0.25) is 0 Å². The molecule has 1 saturated heterocycles. The average molecular weight is 383 g/mol. The highest BCUT2D eigenvalue weighted by molar-refractivity contribution is 5.94. The van der Waals surface area contributed by atoms with Gasteiger partial charge in [-0.05, 0) is 50.5 Å². The second-order valence-corrected chi connectivity index (χ2v) is 7.14. The number of carbonyl (C=O) groups excluding carboxylic acids is 1.